The molecule has 0 fully saturated rings. The highest BCUT2D eigenvalue weighted by molar-refractivity contribution is 7.80. The van der Waals surface area contributed by atoms with Crippen LogP contribution in [0.15, 0.2) is 24.5 Å². The Morgan fingerprint density at radius 2 is 2.00 bits per heavy atom. The Morgan fingerprint density at radius 3 is 2.52 bits per heavy atom. The summed E-state index contributed by atoms with van der Waals surface area (Å²) in [5, 5.41) is 0.741. The number of thiocarbonyl (C=S) groups is 1. The van der Waals surface area contributed by atoms with Crippen molar-refractivity contribution in [3.63, 3.8) is 0 Å². The minimum absolute atomic E-state index is 0.207. The van der Waals surface area contributed by atoms with Crippen LogP contribution in [0.4, 0.5) is 0 Å². The molecule has 0 unspecified atom stereocenters. The molecule has 0 aliphatic rings. The Labute approximate surface area is 134 Å². The molecule has 2 rings (SSSR count). The van der Waals surface area contributed by atoms with Gasteiger partial charge in [-0.1, -0.05) is 37.7 Å². The molecule has 2 N–H and O–H groups in total. The van der Waals surface area contributed by atoms with Crippen LogP contribution in [-0.4, -0.2) is 15.0 Å². The third-order valence-electron chi connectivity index (χ3n) is 3.01. The maximum atomic E-state index is 6.24. The summed E-state index contributed by atoms with van der Waals surface area (Å²) in [4.78, 5) is 8.45. The largest absolute Gasteiger partial charge is 0.437 e. The lowest BCUT2D eigenvalue weighted by atomic mass is 10.0. The van der Waals surface area contributed by atoms with Crippen molar-refractivity contribution in [1.82, 2.24) is 9.97 Å². The quantitative estimate of drug-likeness (QED) is 0.863. The van der Waals surface area contributed by atoms with E-state index in [4.69, 9.17) is 34.3 Å². The van der Waals surface area contributed by atoms with E-state index in [2.05, 4.69) is 23.8 Å². The molecule has 0 atom stereocenters. The summed E-state index contributed by atoms with van der Waals surface area (Å²) in [6, 6.07) is 3.83. The van der Waals surface area contributed by atoms with Crippen LogP contribution in [0.3, 0.4) is 0 Å². The third kappa shape index (κ3) is 3.68. The summed E-state index contributed by atoms with van der Waals surface area (Å²) < 4.78 is 5.77. The summed E-state index contributed by atoms with van der Waals surface area (Å²) >= 11 is 11.1. The highest BCUT2D eigenvalue weighted by atomic mass is 35.5. The summed E-state index contributed by atoms with van der Waals surface area (Å²) in [6.07, 6.45) is 2.99. The van der Waals surface area contributed by atoms with E-state index < -0.39 is 0 Å². The van der Waals surface area contributed by atoms with Gasteiger partial charge < -0.3 is 10.5 Å². The van der Waals surface area contributed by atoms with Gasteiger partial charge in [0, 0.05) is 5.02 Å². The van der Waals surface area contributed by atoms with Gasteiger partial charge in [-0.3, -0.25) is 0 Å². The lowest BCUT2D eigenvalue weighted by Gasteiger charge is -2.14. The highest BCUT2D eigenvalue weighted by Crippen LogP contribution is 2.33. The zero-order valence-corrected chi connectivity index (χ0v) is 13.6. The second kappa shape index (κ2) is 6.37. The average molecular weight is 322 g/mol. The second-order valence-corrected chi connectivity index (χ2v) is 5.85. The van der Waals surface area contributed by atoms with Crippen LogP contribution in [0.25, 0.3) is 0 Å². The molecular weight excluding hydrogens is 306 g/mol. The van der Waals surface area contributed by atoms with Crippen molar-refractivity contribution in [2.75, 3.05) is 0 Å². The fourth-order valence-electron chi connectivity index (χ4n) is 1.83. The minimum atomic E-state index is 0.207. The number of nitrogens with zero attached hydrogens (tertiary/aromatic N) is 2. The van der Waals surface area contributed by atoms with Crippen LogP contribution in [0, 0.1) is 6.92 Å². The average Bonchev–Trinajstić information content (AvgIpc) is 2.42. The van der Waals surface area contributed by atoms with Crippen molar-refractivity contribution in [2.45, 2.75) is 26.7 Å². The van der Waals surface area contributed by atoms with Crippen molar-refractivity contribution in [1.29, 1.82) is 0 Å². The van der Waals surface area contributed by atoms with Crippen molar-refractivity contribution >= 4 is 28.8 Å². The first-order chi connectivity index (χ1) is 9.88. The number of aromatic nitrogens is 2. The summed E-state index contributed by atoms with van der Waals surface area (Å²) in [5.41, 5.74) is 7.92. The molecule has 110 valence electrons. The van der Waals surface area contributed by atoms with E-state index in [9.17, 15) is 0 Å². The van der Waals surface area contributed by atoms with Gasteiger partial charge >= 0.3 is 0 Å². The molecule has 0 aliphatic carbocycles. The molecule has 1 aromatic carbocycles. The predicted molar refractivity (Wildman–Crippen MR) is 88.3 cm³/mol. The van der Waals surface area contributed by atoms with Crippen LogP contribution in [-0.2, 0) is 0 Å². The minimum Gasteiger partial charge on any atom is -0.437 e. The number of nitrogens with two attached hydrogens (primary N) is 1. The molecule has 1 aromatic heterocycles. The fourth-order valence-corrected chi connectivity index (χ4v) is 2.37. The van der Waals surface area contributed by atoms with Gasteiger partial charge in [0.05, 0.1) is 12.4 Å². The summed E-state index contributed by atoms with van der Waals surface area (Å²) in [7, 11) is 0. The van der Waals surface area contributed by atoms with Crippen LogP contribution in [0.5, 0.6) is 11.6 Å². The van der Waals surface area contributed by atoms with Crippen LogP contribution < -0.4 is 10.5 Å². The second-order valence-electron chi connectivity index (χ2n) is 5.00. The zero-order valence-electron chi connectivity index (χ0n) is 12.1. The van der Waals surface area contributed by atoms with Gasteiger partial charge in [-0.05, 0) is 36.1 Å². The molecule has 6 heteroatoms. The fraction of sp³-hybridized carbons (Fsp3) is 0.267. The van der Waals surface area contributed by atoms with Gasteiger partial charge in [0.15, 0.2) is 0 Å². The molecule has 0 saturated heterocycles. The lowest BCUT2D eigenvalue weighted by molar-refractivity contribution is 0.455. The topological polar surface area (TPSA) is 61.0 Å². The Balaban J connectivity index is 2.30. The van der Waals surface area contributed by atoms with E-state index in [0.29, 0.717) is 23.2 Å². The maximum absolute atomic E-state index is 6.24. The van der Waals surface area contributed by atoms with Gasteiger partial charge in [-0.25, -0.2) is 9.97 Å². The van der Waals surface area contributed by atoms with Gasteiger partial charge in [0.2, 0.25) is 5.88 Å². The molecule has 2 aromatic rings. The molecule has 0 saturated carbocycles. The van der Waals surface area contributed by atoms with E-state index in [1.807, 2.05) is 19.1 Å². The van der Waals surface area contributed by atoms with Crippen LogP contribution in [0.2, 0.25) is 5.02 Å². The first-order valence-corrected chi connectivity index (χ1v) is 7.27. The number of benzene rings is 1. The number of hydrogen-bond donors (Lipinski definition) is 1. The van der Waals surface area contributed by atoms with E-state index in [-0.39, 0.29) is 4.99 Å². The molecule has 1 heterocycles. The SMILES string of the molecule is Cc1cc(Cl)c(C(C)C)cc1Oc1cnc(C(N)=S)cn1. The number of aryl methyl sites for hydroxylation is 1. The first kappa shape index (κ1) is 15.7. The smallest absolute Gasteiger partial charge is 0.237 e. The maximum Gasteiger partial charge on any atom is 0.237 e. The molecule has 0 amide bonds. The Hall–Kier alpha value is -1.72. The molecule has 21 heavy (non-hydrogen) atoms. The van der Waals surface area contributed by atoms with Gasteiger partial charge in [0.25, 0.3) is 0 Å². The normalized spacial score (nSPS) is 10.7. The van der Waals surface area contributed by atoms with Crippen molar-refractivity contribution < 1.29 is 4.74 Å². The van der Waals surface area contributed by atoms with Crippen LogP contribution in [0.1, 0.15) is 36.6 Å². The first-order valence-electron chi connectivity index (χ1n) is 6.48. The number of halogens is 1. The molecule has 0 aliphatic heterocycles. The van der Waals surface area contributed by atoms with Crippen molar-refractivity contribution in [3.05, 3.63) is 46.4 Å². The standard InChI is InChI=1S/C15H16ClN3OS/c1-8(2)10-5-13(9(3)4-11(10)16)20-14-7-18-12(6-19-14)15(17)21/h4-8H,1-3H3,(H2,17,21). The molecule has 0 bridgehead atoms. The Morgan fingerprint density at radius 1 is 1.29 bits per heavy atom. The predicted octanol–water partition coefficient (Wildman–Crippen LogP) is 3.99. The Bertz CT molecular complexity index is 671. The monoisotopic (exact) mass is 321 g/mol. The van der Waals surface area contributed by atoms with E-state index in [1.165, 1.54) is 12.4 Å². The van der Waals surface area contributed by atoms with Crippen molar-refractivity contribution in [2.24, 2.45) is 5.73 Å². The van der Waals surface area contributed by atoms with E-state index in [1.54, 1.807) is 0 Å². The number of rotatable bonds is 4. The molecule has 0 radical (unpaired) electrons. The molecular formula is C15H16ClN3OS. The summed E-state index contributed by atoms with van der Waals surface area (Å²) in [5.74, 6) is 1.40. The zero-order chi connectivity index (χ0) is 15.6. The van der Waals surface area contributed by atoms with Gasteiger partial charge in [-0.15, -0.1) is 0 Å². The van der Waals surface area contributed by atoms with Crippen molar-refractivity contribution in [3.8, 4) is 11.6 Å². The van der Waals surface area contributed by atoms with Crippen LogP contribution >= 0.6 is 23.8 Å². The Kier molecular flexibility index (Phi) is 4.75. The lowest BCUT2D eigenvalue weighted by Crippen LogP contribution is -2.11. The molecule has 0 spiro atoms. The van der Waals surface area contributed by atoms with Gasteiger partial charge in [-0.2, -0.15) is 0 Å². The molecule has 4 nitrogen and oxygen atoms in total. The number of hydrogen-bond acceptors (Lipinski definition) is 4. The van der Waals surface area contributed by atoms with E-state index in [0.717, 1.165) is 16.1 Å². The highest BCUT2D eigenvalue weighted by Gasteiger charge is 2.11. The summed E-state index contributed by atoms with van der Waals surface area (Å²) in [6.45, 7) is 6.09. The third-order valence-corrected chi connectivity index (χ3v) is 3.55. The number of ether oxygens (including phenoxy) is 1. The van der Waals surface area contributed by atoms with Gasteiger partial charge in [0.1, 0.15) is 16.4 Å². The van der Waals surface area contributed by atoms with E-state index >= 15 is 0 Å².